The molecular weight excluding hydrogens is 394 g/mol. The fourth-order valence-corrected chi connectivity index (χ4v) is 5.47. The lowest BCUT2D eigenvalue weighted by Gasteiger charge is -2.29. The second-order valence-corrected chi connectivity index (χ2v) is 9.40. The number of likely N-dealkylation sites (tertiary alicyclic amines) is 2. The van der Waals surface area contributed by atoms with Gasteiger partial charge < -0.3 is 4.90 Å². The first-order chi connectivity index (χ1) is 14.6. The van der Waals surface area contributed by atoms with Gasteiger partial charge in [-0.1, -0.05) is 48.0 Å². The predicted molar refractivity (Wildman–Crippen MR) is 121 cm³/mol. The van der Waals surface area contributed by atoms with Gasteiger partial charge in [0.25, 0.3) is 0 Å². The van der Waals surface area contributed by atoms with E-state index in [4.69, 9.17) is 17.0 Å². The smallest absolute Gasteiger partial charge is 0.239 e. The predicted octanol–water partition coefficient (Wildman–Crippen LogP) is 4.96. The Morgan fingerprint density at radius 1 is 1.00 bits per heavy atom. The number of rotatable bonds is 6. The van der Waals surface area contributed by atoms with Gasteiger partial charge in [-0.15, -0.1) is 0 Å². The summed E-state index contributed by atoms with van der Waals surface area (Å²) in [6.07, 6.45) is 5.15. The maximum absolute atomic E-state index is 13.8. The Kier molecular flexibility index (Phi) is 5.16. The summed E-state index contributed by atoms with van der Waals surface area (Å²) in [5.74, 6) is 0.966. The van der Waals surface area contributed by atoms with Crippen molar-refractivity contribution in [1.82, 2.24) is 9.80 Å². The summed E-state index contributed by atoms with van der Waals surface area (Å²) in [4.78, 5) is 18.0. The van der Waals surface area contributed by atoms with Crippen LogP contribution in [-0.2, 0) is 10.2 Å². The van der Waals surface area contributed by atoms with Gasteiger partial charge >= 0.3 is 0 Å². The summed E-state index contributed by atoms with van der Waals surface area (Å²) in [7, 11) is 0. The fraction of sp³-hybridized carbons (Fsp3) is 0.440. The third kappa shape index (κ3) is 3.46. The van der Waals surface area contributed by atoms with Crippen LogP contribution in [0.2, 0.25) is 5.02 Å². The molecule has 1 atom stereocenters. The average Bonchev–Trinajstić information content (AvgIpc) is 3.41. The molecule has 1 saturated carbocycles. The number of benzene rings is 2. The summed E-state index contributed by atoms with van der Waals surface area (Å²) in [5, 5.41) is 9.36. The molecule has 2 saturated heterocycles. The van der Waals surface area contributed by atoms with E-state index in [2.05, 4.69) is 29.2 Å². The molecule has 5 rings (SSSR count). The maximum Gasteiger partial charge on any atom is 0.239 e. The highest BCUT2D eigenvalue weighted by molar-refractivity contribution is 6.30. The number of halogens is 1. The van der Waals surface area contributed by atoms with Gasteiger partial charge in [0, 0.05) is 24.5 Å². The van der Waals surface area contributed by atoms with Crippen LogP contribution in [0.25, 0.3) is 11.1 Å². The van der Waals surface area contributed by atoms with Crippen LogP contribution in [0.5, 0.6) is 0 Å². The van der Waals surface area contributed by atoms with Gasteiger partial charge in [0.05, 0.1) is 5.41 Å². The molecule has 156 valence electrons. The molecule has 30 heavy (non-hydrogen) atoms. The SMILES string of the molecule is N=C1CC(c2cccc(-c3cccc(Cl)c3)c2)(C2CC2)C(=O)N1CCN1CCCC1. The second-order valence-electron chi connectivity index (χ2n) is 8.97. The van der Waals surface area contributed by atoms with Crippen LogP contribution in [-0.4, -0.2) is 47.7 Å². The zero-order valence-corrected chi connectivity index (χ0v) is 18.0. The molecule has 1 N–H and O–H groups in total. The molecule has 1 unspecified atom stereocenters. The average molecular weight is 422 g/mol. The van der Waals surface area contributed by atoms with Crippen molar-refractivity contribution in [3.8, 4) is 11.1 Å². The maximum atomic E-state index is 13.8. The summed E-state index contributed by atoms with van der Waals surface area (Å²) >= 11 is 6.21. The van der Waals surface area contributed by atoms with Crippen molar-refractivity contribution in [1.29, 1.82) is 5.41 Å². The van der Waals surface area contributed by atoms with E-state index >= 15 is 0 Å². The van der Waals surface area contributed by atoms with Crippen molar-refractivity contribution in [3.63, 3.8) is 0 Å². The van der Waals surface area contributed by atoms with Crippen LogP contribution in [0.1, 0.15) is 37.7 Å². The molecule has 0 radical (unpaired) electrons. The van der Waals surface area contributed by atoms with E-state index in [9.17, 15) is 4.79 Å². The van der Waals surface area contributed by atoms with Crippen molar-refractivity contribution in [3.05, 3.63) is 59.1 Å². The number of amidine groups is 1. The van der Waals surface area contributed by atoms with E-state index in [0.717, 1.165) is 49.2 Å². The molecule has 2 aliphatic heterocycles. The van der Waals surface area contributed by atoms with Crippen LogP contribution in [0, 0.1) is 11.3 Å². The van der Waals surface area contributed by atoms with Crippen molar-refractivity contribution in [2.24, 2.45) is 5.92 Å². The first-order valence-electron chi connectivity index (χ1n) is 11.1. The van der Waals surface area contributed by atoms with E-state index in [0.29, 0.717) is 29.7 Å². The molecule has 2 aromatic rings. The molecule has 1 aliphatic carbocycles. The van der Waals surface area contributed by atoms with E-state index in [-0.39, 0.29) is 5.91 Å². The molecule has 2 heterocycles. The van der Waals surface area contributed by atoms with Crippen molar-refractivity contribution in [2.45, 2.75) is 37.5 Å². The highest BCUT2D eigenvalue weighted by Gasteiger charge is 2.58. The topological polar surface area (TPSA) is 47.4 Å². The van der Waals surface area contributed by atoms with Crippen LogP contribution in [0.3, 0.4) is 0 Å². The first kappa shape index (κ1) is 19.8. The minimum atomic E-state index is -0.573. The van der Waals surface area contributed by atoms with Crippen molar-refractivity contribution < 1.29 is 4.79 Å². The number of nitrogens with zero attached hydrogens (tertiary/aromatic N) is 2. The Morgan fingerprint density at radius 3 is 2.40 bits per heavy atom. The van der Waals surface area contributed by atoms with E-state index in [1.807, 2.05) is 24.3 Å². The Hall–Kier alpha value is -2.17. The van der Waals surface area contributed by atoms with Crippen LogP contribution >= 0.6 is 11.6 Å². The monoisotopic (exact) mass is 421 g/mol. The number of hydrogen-bond acceptors (Lipinski definition) is 3. The van der Waals surface area contributed by atoms with E-state index < -0.39 is 5.41 Å². The largest absolute Gasteiger partial charge is 0.302 e. The van der Waals surface area contributed by atoms with E-state index in [1.165, 1.54) is 12.8 Å². The first-order valence-corrected chi connectivity index (χ1v) is 11.4. The molecule has 0 aromatic heterocycles. The molecule has 3 fully saturated rings. The zero-order chi connectivity index (χ0) is 20.7. The summed E-state index contributed by atoms with van der Waals surface area (Å²) in [6, 6.07) is 16.2. The minimum Gasteiger partial charge on any atom is -0.302 e. The minimum absolute atomic E-state index is 0.137. The molecular formula is C25H28ClN3O. The van der Waals surface area contributed by atoms with Gasteiger partial charge in [-0.3, -0.25) is 15.1 Å². The Bertz CT molecular complexity index is 980. The van der Waals surface area contributed by atoms with Crippen molar-refractivity contribution in [2.75, 3.05) is 26.2 Å². The van der Waals surface area contributed by atoms with Crippen LogP contribution < -0.4 is 0 Å². The second kappa shape index (κ2) is 7.82. The van der Waals surface area contributed by atoms with E-state index in [1.54, 1.807) is 4.90 Å². The number of nitrogens with one attached hydrogen (secondary N) is 1. The zero-order valence-electron chi connectivity index (χ0n) is 17.2. The number of carbonyl (C=O) groups excluding carboxylic acids is 1. The molecule has 4 nitrogen and oxygen atoms in total. The number of hydrogen-bond donors (Lipinski definition) is 1. The van der Waals surface area contributed by atoms with Crippen molar-refractivity contribution >= 4 is 23.3 Å². The molecule has 2 aromatic carbocycles. The van der Waals surface area contributed by atoms with Gasteiger partial charge in [-0.25, -0.2) is 0 Å². The Labute approximate surface area is 183 Å². The van der Waals surface area contributed by atoms with Crippen LogP contribution in [0.4, 0.5) is 0 Å². The lowest BCUT2D eigenvalue weighted by atomic mass is 9.74. The Morgan fingerprint density at radius 2 is 1.70 bits per heavy atom. The normalized spacial score (nSPS) is 24.8. The number of amides is 1. The Balaban J connectivity index is 1.46. The third-order valence-corrected chi connectivity index (χ3v) is 7.28. The van der Waals surface area contributed by atoms with Gasteiger partial charge in [-0.05, 0) is 73.5 Å². The van der Waals surface area contributed by atoms with Gasteiger partial charge in [0.1, 0.15) is 5.84 Å². The third-order valence-electron chi connectivity index (χ3n) is 7.05. The van der Waals surface area contributed by atoms with Gasteiger partial charge in [-0.2, -0.15) is 0 Å². The summed E-state index contributed by atoms with van der Waals surface area (Å²) in [6.45, 7) is 3.74. The molecule has 3 aliphatic rings. The molecule has 0 bridgehead atoms. The molecule has 0 spiro atoms. The van der Waals surface area contributed by atoms with Crippen LogP contribution in [0.15, 0.2) is 48.5 Å². The van der Waals surface area contributed by atoms with Gasteiger partial charge in [0.2, 0.25) is 5.91 Å². The standard InChI is InChI=1S/C25H28ClN3O/c26-22-8-4-6-19(16-22)18-5-3-7-21(15-18)25(20-9-10-20)17-23(27)29(24(25)30)14-13-28-11-1-2-12-28/h3-8,15-16,20,27H,1-2,9-14,17H2. The highest BCUT2D eigenvalue weighted by Crippen LogP contribution is 2.53. The lowest BCUT2D eigenvalue weighted by Crippen LogP contribution is -2.43. The molecule has 1 amide bonds. The summed E-state index contributed by atoms with van der Waals surface area (Å²) in [5.41, 5.74) is 2.61. The number of carbonyl (C=O) groups is 1. The van der Waals surface area contributed by atoms with Gasteiger partial charge in [0.15, 0.2) is 0 Å². The summed E-state index contributed by atoms with van der Waals surface area (Å²) < 4.78 is 0. The molecule has 5 heteroatoms. The fourth-order valence-electron chi connectivity index (χ4n) is 5.28. The highest BCUT2D eigenvalue weighted by atomic mass is 35.5. The lowest BCUT2D eigenvalue weighted by molar-refractivity contribution is -0.131. The quantitative estimate of drug-likeness (QED) is 0.716.